The molecule has 0 aliphatic carbocycles. The van der Waals surface area contributed by atoms with Crippen LogP contribution in [0.3, 0.4) is 0 Å². The van der Waals surface area contributed by atoms with Crippen LogP contribution in [0, 0.1) is 0 Å². The molecule has 0 saturated carbocycles. The standard InChI is InChI=1S/C8H9N5O/c9-7-3-8(12-5-11-7)10-4-6-1-2-13-14-6/h1-3,5H,4H2,(H3,9,10,11,12). The van der Waals surface area contributed by atoms with Gasteiger partial charge >= 0.3 is 0 Å². The monoisotopic (exact) mass is 191 g/mol. The van der Waals surface area contributed by atoms with Gasteiger partial charge in [0.15, 0.2) is 5.76 Å². The highest BCUT2D eigenvalue weighted by Crippen LogP contribution is 2.06. The van der Waals surface area contributed by atoms with Crippen LogP contribution in [-0.4, -0.2) is 15.1 Å². The van der Waals surface area contributed by atoms with Gasteiger partial charge in [-0.3, -0.25) is 0 Å². The Bertz CT molecular complexity index is 400. The number of anilines is 2. The summed E-state index contributed by atoms with van der Waals surface area (Å²) >= 11 is 0. The number of nitrogens with one attached hydrogen (secondary N) is 1. The molecule has 2 rings (SSSR count). The minimum atomic E-state index is 0.431. The molecule has 0 amide bonds. The first-order valence-electron chi connectivity index (χ1n) is 4.05. The van der Waals surface area contributed by atoms with Gasteiger partial charge in [0.25, 0.3) is 0 Å². The molecule has 0 unspecified atom stereocenters. The average molecular weight is 191 g/mol. The fraction of sp³-hybridized carbons (Fsp3) is 0.125. The van der Waals surface area contributed by atoms with Gasteiger partial charge in [-0.1, -0.05) is 5.16 Å². The number of hydrogen-bond donors (Lipinski definition) is 2. The van der Waals surface area contributed by atoms with Crippen molar-refractivity contribution in [3.63, 3.8) is 0 Å². The summed E-state index contributed by atoms with van der Waals surface area (Å²) in [4.78, 5) is 7.75. The molecule has 0 saturated heterocycles. The Morgan fingerprint density at radius 3 is 3.07 bits per heavy atom. The van der Waals surface area contributed by atoms with Crippen molar-refractivity contribution in [2.75, 3.05) is 11.1 Å². The van der Waals surface area contributed by atoms with Gasteiger partial charge < -0.3 is 15.6 Å². The van der Waals surface area contributed by atoms with Crippen molar-refractivity contribution in [1.29, 1.82) is 0 Å². The van der Waals surface area contributed by atoms with Crippen LogP contribution in [0.4, 0.5) is 11.6 Å². The van der Waals surface area contributed by atoms with E-state index in [0.717, 1.165) is 5.76 Å². The molecule has 2 heterocycles. The molecular formula is C8H9N5O. The second kappa shape index (κ2) is 3.73. The summed E-state index contributed by atoms with van der Waals surface area (Å²) in [6.45, 7) is 0.524. The van der Waals surface area contributed by atoms with Crippen molar-refractivity contribution >= 4 is 11.6 Å². The SMILES string of the molecule is Nc1cc(NCc2ccno2)ncn1. The summed E-state index contributed by atoms with van der Waals surface area (Å²) < 4.78 is 4.90. The van der Waals surface area contributed by atoms with Crippen molar-refractivity contribution in [1.82, 2.24) is 15.1 Å². The molecule has 6 heteroatoms. The van der Waals surface area contributed by atoms with Crippen LogP contribution < -0.4 is 11.1 Å². The molecule has 6 nitrogen and oxygen atoms in total. The third-order valence-electron chi connectivity index (χ3n) is 1.62. The summed E-state index contributed by atoms with van der Waals surface area (Å²) in [7, 11) is 0. The van der Waals surface area contributed by atoms with Crippen LogP contribution >= 0.6 is 0 Å². The Morgan fingerprint density at radius 2 is 2.36 bits per heavy atom. The Hall–Kier alpha value is -2.11. The van der Waals surface area contributed by atoms with Crippen LogP contribution in [-0.2, 0) is 6.54 Å². The van der Waals surface area contributed by atoms with Crippen molar-refractivity contribution < 1.29 is 4.52 Å². The highest BCUT2D eigenvalue weighted by molar-refractivity contribution is 5.43. The normalized spacial score (nSPS) is 10.0. The van der Waals surface area contributed by atoms with Crippen LogP contribution in [0.25, 0.3) is 0 Å². The second-order valence-electron chi connectivity index (χ2n) is 2.66. The molecule has 0 aliphatic heterocycles. The van der Waals surface area contributed by atoms with E-state index in [2.05, 4.69) is 20.4 Å². The van der Waals surface area contributed by atoms with Crippen molar-refractivity contribution in [3.8, 4) is 0 Å². The number of nitrogen functional groups attached to an aromatic ring is 1. The predicted molar refractivity (Wildman–Crippen MR) is 50.3 cm³/mol. The second-order valence-corrected chi connectivity index (χ2v) is 2.66. The molecule has 0 atom stereocenters. The molecule has 0 fully saturated rings. The fourth-order valence-electron chi connectivity index (χ4n) is 0.980. The lowest BCUT2D eigenvalue weighted by atomic mass is 10.4. The van der Waals surface area contributed by atoms with Gasteiger partial charge in [-0.25, -0.2) is 9.97 Å². The molecular weight excluding hydrogens is 182 g/mol. The van der Waals surface area contributed by atoms with E-state index in [4.69, 9.17) is 10.3 Å². The van der Waals surface area contributed by atoms with Crippen LogP contribution in [0.1, 0.15) is 5.76 Å². The third-order valence-corrected chi connectivity index (χ3v) is 1.62. The number of nitrogens with zero attached hydrogens (tertiary/aromatic N) is 3. The summed E-state index contributed by atoms with van der Waals surface area (Å²) in [5, 5.41) is 6.60. The van der Waals surface area contributed by atoms with E-state index >= 15 is 0 Å². The molecule has 72 valence electrons. The number of hydrogen-bond acceptors (Lipinski definition) is 6. The van der Waals surface area contributed by atoms with Gasteiger partial charge in [-0.05, 0) is 0 Å². The highest BCUT2D eigenvalue weighted by atomic mass is 16.5. The van der Waals surface area contributed by atoms with E-state index in [9.17, 15) is 0 Å². The summed E-state index contributed by atoms with van der Waals surface area (Å²) in [6.07, 6.45) is 2.99. The first-order chi connectivity index (χ1) is 6.84. The zero-order valence-corrected chi connectivity index (χ0v) is 7.34. The maximum absolute atomic E-state index is 5.48. The lowest BCUT2D eigenvalue weighted by Gasteiger charge is -2.01. The smallest absolute Gasteiger partial charge is 0.155 e. The van der Waals surface area contributed by atoms with Gasteiger partial charge in [-0.2, -0.15) is 0 Å². The number of nitrogens with two attached hydrogens (primary N) is 1. The molecule has 0 aromatic carbocycles. The molecule has 14 heavy (non-hydrogen) atoms. The predicted octanol–water partition coefficient (Wildman–Crippen LogP) is 0.659. The Morgan fingerprint density at radius 1 is 1.43 bits per heavy atom. The van der Waals surface area contributed by atoms with Crippen molar-refractivity contribution in [3.05, 3.63) is 30.4 Å². The number of rotatable bonds is 3. The fourth-order valence-corrected chi connectivity index (χ4v) is 0.980. The first kappa shape index (κ1) is 8.49. The highest BCUT2D eigenvalue weighted by Gasteiger charge is 1.98. The van der Waals surface area contributed by atoms with Crippen molar-refractivity contribution in [2.45, 2.75) is 6.54 Å². The van der Waals surface area contributed by atoms with E-state index < -0.39 is 0 Å². The quantitative estimate of drug-likeness (QED) is 0.740. The van der Waals surface area contributed by atoms with Gasteiger partial charge in [0.2, 0.25) is 0 Å². The van der Waals surface area contributed by atoms with Gasteiger partial charge in [0, 0.05) is 12.1 Å². The van der Waals surface area contributed by atoms with Crippen LogP contribution in [0.2, 0.25) is 0 Å². The molecule has 2 aromatic heterocycles. The van der Waals surface area contributed by atoms with Crippen LogP contribution in [0.15, 0.2) is 29.2 Å². The van der Waals surface area contributed by atoms with E-state index in [1.165, 1.54) is 6.33 Å². The molecule has 0 aliphatic rings. The van der Waals surface area contributed by atoms with Crippen molar-refractivity contribution in [2.24, 2.45) is 0 Å². The van der Waals surface area contributed by atoms with E-state index in [-0.39, 0.29) is 0 Å². The number of aromatic nitrogens is 3. The zero-order valence-electron chi connectivity index (χ0n) is 7.34. The van der Waals surface area contributed by atoms with Gasteiger partial charge in [0.05, 0.1) is 12.7 Å². The Balaban J connectivity index is 1.98. The van der Waals surface area contributed by atoms with E-state index in [0.29, 0.717) is 18.2 Å². The molecule has 0 spiro atoms. The largest absolute Gasteiger partial charge is 0.384 e. The van der Waals surface area contributed by atoms with Gasteiger partial charge in [0.1, 0.15) is 18.0 Å². The molecule has 0 bridgehead atoms. The minimum absolute atomic E-state index is 0.431. The maximum Gasteiger partial charge on any atom is 0.155 e. The zero-order chi connectivity index (χ0) is 9.80. The molecule has 2 aromatic rings. The lowest BCUT2D eigenvalue weighted by Crippen LogP contribution is -2.01. The van der Waals surface area contributed by atoms with Crippen LogP contribution in [0.5, 0.6) is 0 Å². The Labute approximate surface area is 80.1 Å². The summed E-state index contributed by atoms with van der Waals surface area (Å²) in [6, 6.07) is 3.42. The Kier molecular flexibility index (Phi) is 2.26. The molecule has 0 radical (unpaired) electrons. The van der Waals surface area contributed by atoms with Gasteiger partial charge in [-0.15, -0.1) is 0 Å². The maximum atomic E-state index is 5.48. The third kappa shape index (κ3) is 1.98. The van der Waals surface area contributed by atoms with E-state index in [1.807, 2.05) is 0 Å². The first-order valence-corrected chi connectivity index (χ1v) is 4.05. The summed E-state index contributed by atoms with van der Waals surface area (Å²) in [5.74, 6) is 1.83. The van der Waals surface area contributed by atoms with E-state index in [1.54, 1.807) is 18.3 Å². The molecule has 3 N–H and O–H groups in total. The average Bonchev–Trinajstić information content (AvgIpc) is 2.67. The minimum Gasteiger partial charge on any atom is -0.384 e. The topological polar surface area (TPSA) is 89.9 Å². The lowest BCUT2D eigenvalue weighted by molar-refractivity contribution is 0.388. The summed E-state index contributed by atoms with van der Waals surface area (Å²) in [5.41, 5.74) is 5.48.